The van der Waals surface area contributed by atoms with Crippen LogP contribution < -0.4 is 4.74 Å². The maximum Gasteiger partial charge on any atom is 0.138 e. The van der Waals surface area contributed by atoms with E-state index in [0.717, 1.165) is 11.3 Å². The number of aryl methyl sites for hydroxylation is 1. The smallest absolute Gasteiger partial charge is 0.138 e. The van der Waals surface area contributed by atoms with Gasteiger partial charge < -0.3 is 4.74 Å². The molecule has 2 rings (SSSR count). The number of benzene rings is 1. The molecule has 1 heterocycles. The fourth-order valence-electron chi connectivity index (χ4n) is 1.33. The summed E-state index contributed by atoms with van der Waals surface area (Å²) in [6.45, 7) is 2.26. The second kappa shape index (κ2) is 4.75. The van der Waals surface area contributed by atoms with Crippen molar-refractivity contribution in [2.45, 2.75) is 13.5 Å². The van der Waals surface area contributed by atoms with Gasteiger partial charge in [-0.15, -0.1) is 0 Å². The Labute approximate surface area is 93.7 Å². The van der Waals surface area contributed by atoms with E-state index >= 15 is 0 Å². The third-order valence-electron chi connectivity index (χ3n) is 2.18. The van der Waals surface area contributed by atoms with Gasteiger partial charge in [0.25, 0.3) is 0 Å². The highest BCUT2D eigenvalue weighted by Crippen LogP contribution is 2.12. The van der Waals surface area contributed by atoms with Crippen molar-refractivity contribution in [1.29, 1.82) is 0 Å². The third-order valence-corrected chi connectivity index (χ3v) is 2.18. The van der Waals surface area contributed by atoms with E-state index in [9.17, 15) is 4.39 Å². The van der Waals surface area contributed by atoms with E-state index in [1.165, 1.54) is 12.1 Å². The summed E-state index contributed by atoms with van der Waals surface area (Å²) >= 11 is 0. The minimum Gasteiger partial charge on any atom is -0.487 e. The molecule has 82 valence electrons. The highest BCUT2D eigenvalue weighted by molar-refractivity contribution is 5.21. The lowest BCUT2D eigenvalue weighted by Gasteiger charge is -2.05. The number of rotatable bonds is 3. The molecule has 2 aromatic rings. The number of halogens is 1. The van der Waals surface area contributed by atoms with E-state index < -0.39 is 0 Å². The van der Waals surface area contributed by atoms with Crippen LogP contribution in [0.1, 0.15) is 11.3 Å². The zero-order chi connectivity index (χ0) is 11.4. The molecule has 0 aliphatic rings. The van der Waals surface area contributed by atoms with E-state index in [0.29, 0.717) is 12.4 Å². The third kappa shape index (κ3) is 2.79. The molecule has 0 aliphatic carbocycles. The molecule has 1 aromatic carbocycles. The summed E-state index contributed by atoms with van der Waals surface area (Å²) in [4.78, 5) is 4.11. The van der Waals surface area contributed by atoms with E-state index in [-0.39, 0.29) is 5.82 Å². The lowest BCUT2D eigenvalue weighted by Crippen LogP contribution is -1.96. The van der Waals surface area contributed by atoms with E-state index in [2.05, 4.69) is 4.98 Å². The van der Waals surface area contributed by atoms with Gasteiger partial charge in [0.15, 0.2) is 0 Å². The lowest BCUT2D eigenvalue weighted by molar-refractivity contribution is 0.304. The maximum absolute atomic E-state index is 12.9. The fraction of sp³-hybridized carbons (Fsp3) is 0.154. The van der Waals surface area contributed by atoms with Gasteiger partial charge in [0.05, 0.1) is 6.20 Å². The van der Waals surface area contributed by atoms with Crippen molar-refractivity contribution in [2.75, 3.05) is 0 Å². The molecule has 3 heteroatoms. The molecule has 0 atom stereocenters. The van der Waals surface area contributed by atoms with E-state index in [1.54, 1.807) is 12.3 Å². The zero-order valence-corrected chi connectivity index (χ0v) is 8.98. The summed E-state index contributed by atoms with van der Waals surface area (Å²) in [6.07, 6.45) is 1.66. The first-order chi connectivity index (χ1) is 7.74. The Morgan fingerprint density at radius 3 is 2.81 bits per heavy atom. The number of nitrogens with zero attached hydrogens (tertiary/aromatic N) is 1. The molecule has 16 heavy (non-hydrogen) atoms. The summed E-state index contributed by atoms with van der Waals surface area (Å²) < 4.78 is 18.4. The molecule has 0 spiro atoms. The average Bonchev–Trinajstić information content (AvgIpc) is 2.28. The summed E-state index contributed by atoms with van der Waals surface area (Å²) in [5, 5.41) is 0. The van der Waals surface area contributed by atoms with Gasteiger partial charge in [-0.3, -0.25) is 4.98 Å². The first kappa shape index (κ1) is 10.6. The van der Waals surface area contributed by atoms with Gasteiger partial charge in [-0.05, 0) is 36.8 Å². The normalized spacial score (nSPS) is 10.1. The molecule has 1 aromatic heterocycles. The monoisotopic (exact) mass is 217 g/mol. The van der Waals surface area contributed by atoms with Gasteiger partial charge in [-0.2, -0.15) is 0 Å². The van der Waals surface area contributed by atoms with E-state index in [4.69, 9.17) is 4.74 Å². The van der Waals surface area contributed by atoms with Crippen molar-refractivity contribution in [3.8, 4) is 5.75 Å². The minimum absolute atomic E-state index is 0.247. The summed E-state index contributed by atoms with van der Waals surface area (Å²) in [5.41, 5.74) is 1.75. The average molecular weight is 217 g/mol. The standard InChI is InChI=1S/C13H12FNO/c1-10-5-6-13(8-15-10)16-9-11-3-2-4-12(14)7-11/h2-8H,9H2,1H3. The molecule has 0 amide bonds. The molecule has 0 saturated heterocycles. The molecule has 0 radical (unpaired) electrons. The van der Waals surface area contributed by atoms with Crippen LogP contribution in [0.5, 0.6) is 5.75 Å². The van der Waals surface area contributed by atoms with Gasteiger partial charge in [0.1, 0.15) is 18.2 Å². The second-order valence-corrected chi connectivity index (χ2v) is 3.55. The Bertz CT molecular complexity index is 468. The zero-order valence-electron chi connectivity index (χ0n) is 8.98. The van der Waals surface area contributed by atoms with Gasteiger partial charge in [0, 0.05) is 5.69 Å². The Balaban J connectivity index is 1.99. The number of ether oxygens (including phenoxy) is 1. The van der Waals surface area contributed by atoms with Crippen LogP contribution in [-0.2, 0) is 6.61 Å². The highest BCUT2D eigenvalue weighted by Gasteiger charge is 1.97. The maximum atomic E-state index is 12.9. The SMILES string of the molecule is Cc1ccc(OCc2cccc(F)c2)cn1. The summed E-state index contributed by atoms with van der Waals surface area (Å²) in [7, 11) is 0. The predicted molar refractivity (Wildman–Crippen MR) is 59.7 cm³/mol. The van der Waals surface area contributed by atoms with Crippen LogP contribution in [0.2, 0.25) is 0 Å². The van der Waals surface area contributed by atoms with Gasteiger partial charge in [0.2, 0.25) is 0 Å². The van der Waals surface area contributed by atoms with Crippen molar-refractivity contribution in [3.63, 3.8) is 0 Å². The number of hydrogen-bond acceptors (Lipinski definition) is 2. The van der Waals surface area contributed by atoms with Crippen LogP contribution in [0, 0.1) is 12.7 Å². The van der Waals surface area contributed by atoms with Gasteiger partial charge >= 0.3 is 0 Å². The molecule has 0 fully saturated rings. The van der Waals surface area contributed by atoms with Crippen molar-refractivity contribution in [1.82, 2.24) is 4.98 Å². The van der Waals surface area contributed by atoms with Crippen LogP contribution in [0.3, 0.4) is 0 Å². The summed E-state index contributed by atoms with van der Waals surface area (Å²) in [5.74, 6) is 0.443. The Kier molecular flexibility index (Phi) is 3.15. The molecule has 0 aliphatic heterocycles. The first-order valence-corrected chi connectivity index (χ1v) is 5.04. The minimum atomic E-state index is -0.247. The Hall–Kier alpha value is -1.90. The van der Waals surface area contributed by atoms with Crippen LogP contribution >= 0.6 is 0 Å². The first-order valence-electron chi connectivity index (χ1n) is 5.04. The van der Waals surface area contributed by atoms with Crippen molar-refractivity contribution in [3.05, 3.63) is 59.7 Å². The Morgan fingerprint density at radius 1 is 1.25 bits per heavy atom. The number of pyridine rings is 1. The Morgan fingerprint density at radius 2 is 2.12 bits per heavy atom. The quantitative estimate of drug-likeness (QED) is 0.788. The van der Waals surface area contributed by atoms with Crippen LogP contribution in [0.4, 0.5) is 4.39 Å². The van der Waals surface area contributed by atoms with Gasteiger partial charge in [-0.25, -0.2) is 4.39 Å². The van der Waals surface area contributed by atoms with Crippen LogP contribution in [0.25, 0.3) is 0 Å². The molecular weight excluding hydrogens is 205 g/mol. The highest BCUT2D eigenvalue weighted by atomic mass is 19.1. The second-order valence-electron chi connectivity index (χ2n) is 3.55. The molecule has 0 unspecified atom stereocenters. The largest absolute Gasteiger partial charge is 0.487 e. The van der Waals surface area contributed by atoms with E-state index in [1.807, 2.05) is 25.1 Å². The van der Waals surface area contributed by atoms with Crippen LogP contribution in [-0.4, -0.2) is 4.98 Å². The lowest BCUT2D eigenvalue weighted by atomic mass is 10.2. The van der Waals surface area contributed by atoms with Crippen molar-refractivity contribution < 1.29 is 9.13 Å². The van der Waals surface area contributed by atoms with Crippen molar-refractivity contribution >= 4 is 0 Å². The number of aromatic nitrogens is 1. The molecule has 0 bridgehead atoms. The fourth-order valence-corrected chi connectivity index (χ4v) is 1.33. The number of hydrogen-bond donors (Lipinski definition) is 0. The molecule has 0 saturated carbocycles. The van der Waals surface area contributed by atoms with Crippen LogP contribution in [0.15, 0.2) is 42.6 Å². The van der Waals surface area contributed by atoms with Crippen molar-refractivity contribution in [2.24, 2.45) is 0 Å². The molecule has 0 N–H and O–H groups in total. The molecule has 2 nitrogen and oxygen atoms in total. The predicted octanol–water partition coefficient (Wildman–Crippen LogP) is 3.11. The summed E-state index contributed by atoms with van der Waals surface area (Å²) in [6, 6.07) is 10.1. The molecular formula is C13H12FNO. The van der Waals surface area contributed by atoms with Gasteiger partial charge in [-0.1, -0.05) is 12.1 Å². The topological polar surface area (TPSA) is 22.1 Å².